The fourth-order valence-corrected chi connectivity index (χ4v) is 2.33. The van der Waals surface area contributed by atoms with E-state index in [2.05, 4.69) is 21.8 Å². The first-order valence-electron chi connectivity index (χ1n) is 7.06. The van der Waals surface area contributed by atoms with E-state index < -0.39 is 0 Å². The molecule has 2 heterocycles. The summed E-state index contributed by atoms with van der Waals surface area (Å²) in [7, 11) is 5.17. The van der Waals surface area contributed by atoms with Gasteiger partial charge in [-0.25, -0.2) is 4.98 Å². The molecule has 0 radical (unpaired) electrons. The Morgan fingerprint density at radius 2 is 2.36 bits per heavy atom. The average molecular weight is 304 g/mol. The number of ether oxygens (including phenoxy) is 1. The third-order valence-electron chi connectivity index (χ3n) is 3.48. The Balaban J connectivity index is 2.09. The van der Waals surface area contributed by atoms with Gasteiger partial charge < -0.3 is 14.5 Å². The molecule has 7 heteroatoms. The predicted molar refractivity (Wildman–Crippen MR) is 82.8 cm³/mol. The van der Waals surface area contributed by atoms with Crippen LogP contribution >= 0.6 is 0 Å². The Labute approximate surface area is 129 Å². The van der Waals surface area contributed by atoms with Crippen molar-refractivity contribution < 1.29 is 9.53 Å². The molecule has 1 aliphatic heterocycles. The van der Waals surface area contributed by atoms with Crippen molar-refractivity contribution in [2.75, 3.05) is 45.8 Å². The summed E-state index contributed by atoms with van der Waals surface area (Å²) in [5, 5.41) is 0. The summed E-state index contributed by atoms with van der Waals surface area (Å²) in [5.41, 5.74) is 0.533. The van der Waals surface area contributed by atoms with Gasteiger partial charge in [0.2, 0.25) is 5.95 Å². The van der Waals surface area contributed by atoms with E-state index in [1.807, 2.05) is 14.1 Å². The number of H-pyrrole nitrogens is 1. The molecule has 1 unspecified atom stereocenters. The first kappa shape index (κ1) is 16.0. The smallest absolute Gasteiger partial charge is 0.298 e. The van der Waals surface area contributed by atoms with Gasteiger partial charge in [0.05, 0.1) is 5.69 Å². The van der Waals surface area contributed by atoms with Crippen LogP contribution in [0.2, 0.25) is 0 Å². The van der Waals surface area contributed by atoms with Gasteiger partial charge >= 0.3 is 0 Å². The lowest BCUT2D eigenvalue weighted by Gasteiger charge is -2.15. The number of amides is 1. The number of carbonyl (C=O) groups is 1. The van der Waals surface area contributed by atoms with Crippen LogP contribution in [-0.2, 0) is 9.53 Å². The van der Waals surface area contributed by atoms with Gasteiger partial charge in [-0.2, -0.15) is 0 Å². The van der Waals surface area contributed by atoms with Crippen molar-refractivity contribution in [1.29, 1.82) is 0 Å². The summed E-state index contributed by atoms with van der Waals surface area (Å²) in [5.74, 6) is 5.59. The zero-order chi connectivity index (χ0) is 16.1. The lowest BCUT2D eigenvalue weighted by Crippen LogP contribution is -2.27. The number of anilines is 1. The molecule has 1 atom stereocenters. The van der Waals surface area contributed by atoms with Crippen LogP contribution in [0.4, 0.5) is 5.95 Å². The number of carbonyl (C=O) groups excluding carboxylic acids is 1. The maximum atomic E-state index is 11.9. The molecule has 0 bridgehead atoms. The molecule has 1 saturated heterocycles. The van der Waals surface area contributed by atoms with E-state index in [9.17, 15) is 9.59 Å². The van der Waals surface area contributed by atoms with Gasteiger partial charge in [0.1, 0.15) is 6.61 Å². The maximum Gasteiger partial charge on any atom is 0.298 e. The maximum absolute atomic E-state index is 11.9. The first-order valence-corrected chi connectivity index (χ1v) is 7.06. The molecule has 0 aliphatic carbocycles. The minimum absolute atomic E-state index is 0.0641. The number of nitrogens with one attached hydrogen (secondary N) is 1. The van der Waals surface area contributed by atoms with Crippen molar-refractivity contribution in [3.8, 4) is 11.8 Å². The van der Waals surface area contributed by atoms with Gasteiger partial charge in [-0.1, -0.05) is 5.92 Å². The van der Waals surface area contributed by atoms with Gasteiger partial charge in [0.15, 0.2) is 0 Å². The van der Waals surface area contributed by atoms with E-state index in [4.69, 9.17) is 4.74 Å². The normalized spacial score (nSPS) is 17.0. The summed E-state index contributed by atoms with van der Waals surface area (Å²) >= 11 is 0. The fourth-order valence-electron chi connectivity index (χ4n) is 2.33. The summed E-state index contributed by atoms with van der Waals surface area (Å²) in [6, 6.07) is 1.50. The minimum atomic E-state index is -0.211. The van der Waals surface area contributed by atoms with Crippen LogP contribution in [0.15, 0.2) is 10.9 Å². The third kappa shape index (κ3) is 3.86. The van der Waals surface area contributed by atoms with Crippen molar-refractivity contribution >= 4 is 11.9 Å². The molecule has 1 amide bonds. The molecule has 0 aromatic carbocycles. The third-order valence-corrected chi connectivity index (χ3v) is 3.48. The second-order valence-electron chi connectivity index (χ2n) is 5.36. The van der Waals surface area contributed by atoms with Crippen LogP contribution in [0, 0.1) is 11.8 Å². The highest BCUT2D eigenvalue weighted by Crippen LogP contribution is 2.25. The average Bonchev–Trinajstić information content (AvgIpc) is 2.96. The highest BCUT2D eigenvalue weighted by atomic mass is 16.5. The van der Waals surface area contributed by atoms with E-state index in [1.165, 1.54) is 13.2 Å². The largest absolute Gasteiger partial charge is 0.372 e. The Kier molecular flexibility index (Phi) is 5.17. The molecule has 2 rings (SSSR count). The first-order chi connectivity index (χ1) is 10.5. The van der Waals surface area contributed by atoms with Gasteiger partial charge in [-0.15, -0.1) is 0 Å². The molecule has 7 nitrogen and oxygen atoms in total. The molecule has 1 aliphatic rings. The number of hydrogen-bond donors (Lipinski definition) is 1. The molecule has 1 aromatic heterocycles. The molecule has 0 saturated carbocycles. The predicted octanol–water partition coefficient (Wildman–Crippen LogP) is -0.198. The molecule has 1 aromatic rings. The summed E-state index contributed by atoms with van der Waals surface area (Å²) < 4.78 is 4.80. The van der Waals surface area contributed by atoms with Crippen LogP contribution in [-0.4, -0.2) is 61.7 Å². The fraction of sp³-hybridized carbons (Fsp3) is 0.533. The van der Waals surface area contributed by atoms with E-state index in [0.29, 0.717) is 24.7 Å². The van der Waals surface area contributed by atoms with E-state index in [0.717, 1.165) is 6.42 Å². The van der Waals surface area contributed by atoms with Crippen molar-refractivity contribution in [2.24, 2.45) is 0 Å². The quantitative estimate of drug-likeness (QED) is 0.783. The number of hydrogen-bond acceptors (Lipinski definition) is 5. The monoisotopic (exact) mass is 304 g/mol. The Bertz CT molecular complexity index is 657. The highest BCUT2D eigenvalue weighted by molar-refractivity contribution is 5.93. The van der Waals surface area contributed by atoms with Crippen molar-refractivity contribution in [3.63, 3.8) is 0 Å². The van der Waals surface area contributed by atoms with Crippen LogP contribution in [0.5, 0.6) is 0 Å². The van der Waals surface area contributed by atoms with Gasteiger partial charge in [0, 0.05) is 46.3 Å². The van der Waals surface area contributed by atoms with Crippen LogP contribution in [0.3, 0.4) is 0 Å². The van der Waals surface area contributed by atoms with Crippen LogP contribution in [0.1, 0.15) is 18.0 Å². The van der Waals surface area contributed by atoms with Crippen molar-refractivity contribution in [2.45, 2.75) is 12.3 Å². The van der Waals surface area contributed by atoms with Gasteiger partial charge in [-0.05, 0) is 12.3 Å². The van der Waals surface area contributed by atoms with Crippen LogP contribution < -0.4 is 10.5 Å². The van der Waals surface area contributed by atoms with Crippen molar-refractivity contribution in [1.82, 2.24) is 14.9 Å². The number of aromatic amines is 1. The molecule has 118 valence electrons. The highest BCUT2D eigenvalue weighted by Gasteiger charge is 2.28. The second kappa shape index (κ2) is 7.09. The molecule has 1 N–H and O–H groups in total. The number of rotatable bonds is 3. The van der Waals surface area contributed by atoms with Crippen LogP contribution in [0.25, 0.3) is 0 Å². The van der Waals surface area contributed by atoms with E-state index in [1.54, 1.807) is 9.80 Å². The van der Waals surface area contributed by atoms with Crippen molar-refractivity contribution in [3.05, 3.63) is 22.1 Å². The summed E-state index contributed by atoms with van der Waals surface area (Å²) in [4.78, 5) is 34.2. The Morgan fingerprint density at radius 3 is 3.05 bits per heavy atom. The van der Waals surface area contributed by atoms with Gasteiger partial charge in [-0.3, -0.25) is 14.6 Å². The number of aromatic nitrogens is 2. The molecule has 1 fully saturated rings. The zero-order valence-corrected chi connectivity index (χ0v) is 13.0. The Hall–Kier alpha value is -2.33. The zero-order valence-electron chi connectivity index (χ0n) is 13.0. The lowest BCUT2D eigenvalue weighted by molar-refractivity contribution is -0.124. The topological polar surface area (TPSA) is 78.5 Å². The lowest BCUT2D eigenvalue weighted by atomic mass is 10.1. The second-order valence-corrected chi connectivity index (χ2v) is 5.36. The number of methoxy groups -OCH3 is 1. The molecular weight excluding hydrogens is 284 g/mol. The Morgan fingerprint density at radius 1 is 1.59 bits per heavy atom. The number of likely N-dealkylation sites (tertiary alicyclic amines) is 1. The van der Waals surface area contributed by atoms with E-state index >= 15 is 0 Å². The van der Waals surface area contributed by atoms with Gasteiger partial charge in [0.25, 0.3) is 11.5 Å². The minimum Gasteiger partial charge on any atom is -0.372 e. The molecule has 0 spiro atoms. The SMILES string of the molecule is COCC#CC(=O)N1CCC(c2cc(=O)[nH]c(N(C)C)n2)C1. The number of nitrogens with zero attached hydrogens (tertiary/aromatic N) is 3. The summed E-state index contributed by atoms with van der Waals surface area (Å²) in [6.07, 6.45) is 0.779. The molecule has 22 heavy (non-hydrogen) atoms. The standard InChI is InChI=1S/C15H20N4O3/c1-18(2)15-16-12(9-13(20)17-15)11-6-7-19(10-11)14(21)5-4-8-22-3/h9,11H,6-8,10H2,1-3H3,(H,16,17,20). The summed E-state index contributed by atoms with van der Waals surface area (Å²) in [6.45, 7) is 1.39. The van der Waals surface area contributed by atoms with E-state index in [-0.39, 0.29) is 24.0 Å². The molecular formula is C15H20N4O3.